The molecule has 1 aliphatic rings. The number of aromatic nitrogens is 2. The molecule has 2 unspecified atom stereocenters. The molecular formula is C23H24FN3O. The summed E-state index contributed by atoms with van der Waals surface area (Å²) in [6, 6.07) is 13.1. The van der Waals surface area contributed by atoms with Gasteiger partial charge in [-0.15, -0.1) is 0 Å². The summed E-state index contributed by atoms with van der Waals surface area (Å²) >= 11 is 0. The first kappa shape index (κ1) is 18.5. The second-order valence-electron chi connectivity index (χ2n) is 7.68. The van der Waals surface area contributed by atoms with E-state index in [0.717, 1.165) is 48.9 Å². The van der Waals surface area contributed by atoms with E-state index in [4.69, 9.17) is 0 Å². The number of piperidine rings is 1. The summed E-state index contributed by atoms with van der Waals surface area (Å²) in [6.07, 6.45) is 3.29. The lowest BCUT2D eigenvalue weighted by atomic mass is 9.86. The maximum Gasteiger partial charge on any atom is 0.323 e. The lowest BCUT2D eigenvalue weighted by Gasteiger charge is -2.36. The summed E-state index contributed by atoms with van der Waals surface area (Å²) in [5, 5.41) is 0. The van der Waals surface area contributed by atoms with Gasteiger partial charge in [0.2, 0.25) is 0 Å². The number of nitrogens with one attached hydrogen (secondary N) is 2. The molecule has 0 amide bonds. The van der Waals surface area contributed by atoms with Gasteiger partial charge < -0.3 is 9.97 Å². The number of H-pyrrole nitrogens is 2. The molecule has 2 atom stereocenters. The molecule has 144 valence electrons. The lowest BCUT2D eigenvalue weighted by Crippen LogP contribution is -2.41. The predicted molar refractivity (Wildman–Crippen MR) is 110 cm³/mol. The molecule has 1 aliphatic heterocycles. The van der Waals surface area contributed by atoms with Crippen LogP contribution >= 0.6 is 0 Å². The highest BCUT2D eigenvalue weighted by atomic mass is 19.1. The summed E-state index contributed by atoms with van der Waals surface area (Å²) in [5.74, 6) is 6.95. The van der Waals surface area contributed by atoms with Gasteiger partial charge in [0, 0.05) is 11.6 Å². The molecule has 0 radical (unpaired) electrons. The summed E-state index contributed by atoms with van der Waals surface area (Å²) in [7, 11) is 0. The fourth-order valence-electron chi connectivity index (χ4n) is 4.05. The summed E-state index contributed by atoms with van der Waals surface area (Å²) in [4.78, 5) is 19.3. The van der Waals surface area contributed by atoms with Gasteiger partial charge >= 0.3 is 5.69 Å². The first-order chi connectivity index (χ1) is 13.6. The number of aromatic amines is 2. The average molecular weight is 377 g/mol. The van der Waals surface area contributed by atoms with Crippen LogP contribution in [0.2, 0.25) is 0 Å². The third-order valence-electron chi connectivity index (χ3n) is 5.59. The Morgan fingerprint density at radius 2 is 1.93 bits per heavy atom. The molecule has 28 heavy (non-hydrogen) atoms. The van der Waals surface area contributed by atoms with Crippen LogP contribution in [0.4, 0.5) is 4.39 Å². The molecule has 1 fully saturated rings. The quantitative estimate of drug-likeness (QED) is 0.684. The Bertz CT molecular complexity index is 1070. The Morgan fingerprint density at radius 1 is 1.14 bits per heavy atom. The van der Waals surface area contributed by atoms with Gasteiger partial charge in [0.1, 0.15) is 5.82 Å². The van der Waals surface area contributed by atoms with Gasteiger partial charge in [0.15, 0.2) is 0 Å². The lowest BCUT2D eigenvalue weighted by molar-refractivity contribution is 0.139. The Morgan fingerprint density at radius 3 is 2.71 bits per heavy atom. The standard InChI is InChI=1S/C23H24FN3O/c1-16-13-19(14-18-4-7-20(24)8-5-18)10-12-27(16)11-2-3-17-6-9-21-22(15-17)26-23(28)25-21/h4-9,15-16,19H,10-14H2,1H3,(H2,25,26,28). The van der Waals surface area contributed by atoms with Gasteiger partial charge in [-0.1, -0.05) is 24.0 Å². The Kier molecular flexibility index (Phi) is 5.31. The largest absolute Gasteiger partial charge is 0.323 e. The molecule has 3 aromatic rings. The maximum absolute atomic E-state index is 13.1. The first-order valence-electron chi connectivity index (χ1n) is 9.76. The van der Waals surface area contributed by atoms with E-state index < -0.39 is 0 Å². The SMILES string of the molecule is CC1CC(Cc2ccc(F)cc2)CCN1CC#Cc1ccc2[nH]c(=O)[nH]c2c1. The fourth-order valence-corrected chi connectivity index (χ4v) is 4.05. The Hall–Kier alpha value is -2.84. The summed E-state index contributed by atoms with van der Waals surface area (Å²) in [6.45, 7) is 4.03. The minimum atomic E-state index is -0.197. The molecule has 2 N–H and O–H groups in total. The van der Waals surface area contributed by atoms with Crippen LogP contribution < -0.4 is 5.69 Å². The molecule has 1 aromatic heterocycles. The van der Waals surface area contributed by atoms with E-state index in [2.05, 4.69) is 33.6 Å². The third-order valence-corrected chi connectivity index (χ3v) is 5.59. The zero-order chi connectivity index (χ0) is 19.5. The summed E-state index contributed by atoms with van der Waals surface area (Å²) < 4.78 is 13.1. The van der Waals surface area contributed by atoms with Crippen molar-refractivity contribution in [2.24, 2.45) is 5.92 Å². The molecule has 0 aliphatic carbocycles. The van der Waals surface area contributed by atoms with Crippen molar-refractivity contribution in [2.75, 3.05) is 13.1 Å². The number of nitrogens with zero attached hydrogens (tertiary/aromatic N) is 1. The molecule has 2 heterocycles. The van der Waals surface area contributed by atoms with Crippen LogP contribution in [0.25, 0.3) is 11.0 Å². The topological polar surface area (TPSA) is 51.9 Å². The zero-order valence-corrected chi connectivity index (χ0v) is 16.0. The Balaban J connectivity index is 1.33. The number of imidazole rings is 1. The monoisotopic (exact) mass is 377 g/mol. The summed E-state index contributed by atoms with van der Waals surface area (Å²) in [5.41, 5.74) is 3.50. The number of fused-ring (bicyclic) bond motifs is 1. The van der Waals surface area contributed by atoms with Gasteiger partial charge in [-0.3, -0.25) is 4.90 Å². The van der Waals surface area contributed by atoms with Gasteiger partial charge in [-0.2, -0.15) is 0 Å². The highest BCUT2D eigenvalue weighted by Gasteiger charge is 2.24. The molecule has 4 rings (SSSR count). The van der Waals surface area contributed by atoms with E-state index >= 15 is 0 Å². The first-order valence-corrected chi connectivity index (χ1v) is 9.76. The molecule has 5 heteroatoms. The van der Waals surface area contributed by atoms with Crippen LogP contribution in [0.15, 0.2) is 47.3 Å². The minimum Gasteiger partial charge on any atom is -0.306 e. The number of rotatable bonds is 3. The Labute approximate surface area is 163 Å². The van der Waals surface area contributed by atoms with E-state index in [-0.39, 0.29) is 11.5 Å². The van der Waals surface area contributed by atoms with Crippen molar-refractivity contribution in [3.8, 4) is 11.8 Å². The van der Waals surface area contributed by atoms with Crippen molar-refractivity contribution in [3.63, 3.8) is 0 Å². The van der Waals surface area contributed by atoms with Crippen LogP contribution in [-0.4, -0.2) is 34.0 Å². The second kappa shape index (κ2) is 8.04. The zero-order valence-electron chi connectivity index (χ0n) is 16.0. The van der Waals surface area contributed by atoms with Crippen molar-refractivity contribution in [3.05, 3.63) is 69.9 Å². The van der Waals surface area contributed by atoms with Crippen molar-refractivity contribution in [1.29, 1.82) is 0 Å². The van der Waals surface area contributed by atoms with Crippen molar-refractivity contribution in [2.45, 2.75) is 32.2 Å². The van der Waals surface area contributed by atoms with Crippen molar-refractivity contribution in [1.82, 2.24) is 14.9 Å². The molecule has 0 saturated carbocycles. The van der Waals surface area contributed by atoms with Gasteiger partial charge in [-0.05, 0) is 74.5 Å². The number of likely N-dealkylation sites (tertiary alicyclic amines) is 1. The van der Waals surface area contributed by atoms with Crippen LogP contribution in [0.1, 0.15) is 30.9 Å². The van der Waals surface area contributed by atoms with Crippen LogP contribution in [0.5, 0.6) is 0 Å². The van der Waals surface area contributed by atoms with Gasteiger partial charge in [0.25, 0.3) is 0 Å². The molecule has 2 aromatic carbocycles. The number of hydrogen-bond donors (Lipinski definition) is 2. The van der Waals surface area contributed by atoms with E-state index in [1.807, 2.05) is 30.3 Å². The predicted octanol–water partition coefficient (Wildman–Crippen LogP) is 3.69. The second-order valence-corrected chi connectivity index (χ2v) is 7.68. The van der Waals surface area contributed by atoms with Gasteiger partial charge in [-0.25, -0.2) is 9.18 Å². The fraction of sp³-hybridized carbons (Fsp3) is 0.348. The highest BCUT2D eigenvalue weighted by Crippen LogP contribution is 2.25. The van der Waals surface area contributed by atoms with E-state index in [9.17, 15) is 9.18 Å². The van der Waals surface area contributed by atoms with Crippen LogP contribution in [0, 0.1) is 23.6 Å². The molecule has 0 spiro atoms. The van der Waals surface area contributed by atoms with Gasteiger partial charge in [0.05, 0.1) is 17.6 Å². The maximum atomic E-state index is 13.1. The molecular weight excluding hydrogens is 353 g/mol. The van der Waals surface area contributed by atoms with Crippen molar-refractivity contribution < 1.29 is 4.39 Å². The smallest absolute Gasteiger partial charge is 0.306 e. The highest BCUT2D eigenvalue weighted by molar-refractivity contribution is 5.76. The number of halogens is 1. The van der Waals surface area contributed by atoms with E-state index in [1.165, 1.54) is 5.56 Å². The average Bonchev–Trinajstić information content (AvgIpc) is 3.05. The molecule has 1 saturated heterocycles. The van der Waals surface area contributed by atoms with E-state index in [0.29, 0.717) is 12.0 Å². The van der Waals surface area contributed by atoms with Crippen LogP contribution in [0.3, 0.4) is 0 Å². The van der Waals surface area contributed by atoms with E-state index in [1.54, 1.807) is 12.1 Å². The molecule has 4 nitrogen and oxygen atoms in total. The normalized spacial score (nSPS) is 20.1. The van der Waals surface area contributed by atoms with Crippen LogP contribution in [-0.2, 0) is 6.42 Å². The molecule has 0 bridgehead atoms. The third kappa shape index (κ3) is 4.35. The number of benzene rings is 2. The van der Waals surface area contributed by atoms with Crippen molar-refractivity contribution >= 4 is 11.0 Å². The minimum absolute atomic E-state index is 0.174. The number of hydrogen-bond acceptors (Lipinski definition) is 2.